The summed E-state index contributed by atoms with van der Waals surface area (Å²) < 4.78 is 12.6. The molecule has 1 fully saturated rings. The Kier molecular flexibility index (Phi) is 6.94. The van der Waals surface area contributed by atoms with Gasteiger partial charge in [0.2, 0.25) is 5.91 Å². The molecule has 1 amide bonds. The van der Waals surface area contributed by atoms with Crippen molar-refractivity contribution in [3.05, 3.63) is 12.2 Å². The molecule has 0 radical (unpaired) electrons. The second-order valence-electron chi connectivity index (χ2n) is 5.98. The van der Waals surface area contributed by atoms with Crippen LogP contribution in [0.25, 0.3) is 0 Å². The zero-order chi connectivity index (χ0) is 16.7. The number of morpholine rings is 1. The van der Waals surface area contributed by atoms with E-state index >= 15 is 0 Å². The van der Waals surface area contributed by atoms with Gasteiger partial charge in [-0.15, -0.1) is 10.2 Å². The van der Waals surface area contributed by atoms with Crippen molar-refractivity contribution < 1.29 is 14.3 Å². The third-order valence-corrected chi connectivity index (χ3v) is 3.83. The first-order chi connectivity index (χ1) is 11.1. The second kappa shape index (κ2) is 8.95. The molecule has 1 aliphatic heterocycles. The largest absolute Gasteiger partial charge is 0.383 e. The van der Waals surface area contributed by atoms with Crippen LogP contribution in [0.15, 0.2) is 6.33 Å². The number of ether oxygens (including phenoxy) is 2. The average Bonchev–Trinajstić information content (AvgIpc) is 2.95. The number of carbonyl (C=O) groups is 1. The Balaban J connectivity index is 1.70. The average molecular weight is 325 g/mol. The highest BCUT2D eigenvalue weighted by Crippen LogP contribution is 2.10. The number of hydrogen-bond acceptors (Lipinski definition) is 6. The second-order valence-corrected chi connectivity index (χ2v) is 5.98. The van der Waals surface area contributed by atoms with Gasteiger partial charge >= 0.3 is 0 Å². The standard InChI is InChI=1S/C15H27N5O3/c1-12-9-19(10-13(2)23-12)5-4-15(21)16-8-14-18-17-11-20(14)6-7-22-3/h11-13H,4-10H2,1-3H3,(H,16,21)/t12-,13+. The van der Waals surface area contributed by atoms with E-state index in [1.165, 1.54) is 0 Å². The Labute approximate surface area is 137 Å². The zero-order valence-electron chi connectivity index (χ0n) is 14.2. The maximum Gasteiger partial charge on any atom is 0.221 e. The predicted molar refractivity (Wildman–Crippen MR) is 84.8 cm³/mol. The molecule has 2 atom stereocenters. The van der Waals surface area contributed by atoms with Crippen LogP contribution in [0.2, 0.25) is 0 Å². The molecular weight excluding hydrogens is 298 g/mol. The highest BCUT2D eigenvalue weighted by atomic mass is 16.5. The lowest BCUT2D eigenvalue weighted by molar-refractivity contribution is -0.122. The van der Waals surface area contributed by atoms with Crippen molar-refractivity contribution in [1.29, 1.82) is 0 Å². The van der Waals surface area contributed by atoms with Crippen LogP contribution in [-0.2, 0) is 27.4 Å². The molecule has 2 rings (SSSR count). The van der Waals surface area contributed by atoms with Crippen LogP contribution in [-0.4, -0.2) is 71.1 Å². The fraction of sp³-hybridized carbons (Fsp3) is 0.800. The fourth-order valence-corrected chi connectivity index (χ4v) is 2.78. The van der Waals surface area contributed by atoms with Crippen LogP contribution < -0.4 is 5.32 Å². The molecule has 1 N–H and O–H groups in total. The molecule has 0 aromatic carbocycles. The van der Waals surface area contributed by atoms with Crippen molar-refractivity contribution in [2.75, 3.05) is 33.4 Å². The van der Waals surface area contributed by atoms with Gasteiger partial charge in [0.05, 0.1) is 25.4 Å². The smallest absolute Gasteiger partial charge is 0.221 e. The molecule has 0 saturated carbocycles. The highest BCUT2D eigenvalue weighted by Gasteiger charge is 2.22. The minimum atomic E-state index is 0.0260. The molecule has 23 heavy (non-hydrogen) atoms. The molecule has 1 aromatic heterocycles. The summed E-state index contributed by atoms with van der Waals surface area (Å²) in [5.41, 5.74) is 0. The van der Waals surface area contributed by atoms with Gasteiger partial charge in [0.15, 0.2) is 5.82 Å². The van der Waals surface area contributed by atoms with Gasteiger partial charge in [-0.3, -0.25) is 9.69 Å². The van der Waals surface area contributed by atoms with Crippen LogP contribution in [0.5, 0.6) is 0 Å². The maximum absolute atomic E-state index is 12.0. The van der Waals surface area contributed by atoms with Gasteiger partial charge in [0.25, 0.3) is 0 Å². The van der Waals surface area contributed by atoms with Crippen molar-refractivity contribution in [1.82, 2.24) is 25.0 Å². The molecule has 0 spiro atoms. The summed E-state index contributed by atoms with van der Waals surface area (Å²) in [6, 6.07) is 0. The van der Waals surface area contributed by atoms with E-state index in [0.717, 1.165) is 25.5 Å². The van der Waals surface area contributed by atoms with Crippen molar-refractivity contribution >= 4 is 5.91 Å². The molecule has 8 nitrogen and oxygen atoms in total. The molecular formula is C15H27N5O3. The molecule has 8 heteroatoms. The molecule has 1 aliphatic rings. The van der Waals surface area contributed by atoms with E-state index in [9.17, 15) is 4.79 Å². The van der Waals surface area contributed by atoms with Crippen LogP contribution in [0.1, 0.15) is 26.1 Å². The number of carbonyl (C=O) groups excluding carboxylic acids is 1. The first kappa shape index (κ1) is 17.8. The maximum atomic E-state index is 12.0. The lowest BCUT2D eigenvalue weighted by Gasteiger charge is -2.35. The van der Waals surface area contributed by atoms with Gasteiger partial charge in [-0.05, 0) is 13.8 Å². The summed E-state index contributed by atoms with van der Waals surface area (Å²) in [7, 11) is 1.65. The van der Waals surface area contributed by atoms with E-state index in [1.54, 1.807) is 13.4 Å². The Morgan fingerprint density at radius 2 is 2.13 bits per heavy atom. The van der Waals surface area contributed by atoms with Crippen LogP contribution in [0, 0.1) is 0 Å². The van der Waals surface area contributed by atoms with E-state index in [0.29, 0.717) is 26.1 Å². The fourth-order valence-electron chi connectivity index (χ4n) is 2.78. The monoisotopic (exact) mass is 325 g/mol. The first-order valence-corrected chi connectivity index (χ1v) is 8.08. The third-order valence-electron chi connectivity index (χ3n) is 3.83. The first-order valence-electron chi connectivity index (χ1n) is 8.08. The predicted octanol–water partition coefficient (Wildman–Crippen LogP) is 0.0400. The Morgan fingerprint density at radius 3 is 2.83 bits per heavy atom. The minimum Gasteiger partial charge on any atom is -0.383 e. The normalized spacial score (nSPS) is 22.2. The SMILES string of the molecule is COCCn1cnnc1CNC(=O)CCN1C[C@@H](C)O[C@@H](C)C1. The molecule has 0 unspecified atom stereocenters. The number of amides is 1. The Bertz CT molecular complexity index is 483. The summed E-state index contributed by atoms with van der Waals surface area (Å²) in [6.45, 7) is 8.29. The summed E-state index contributed by atoms with van der Waals surface area (Å²) in [4.78, 5) is 14.3. The number of nitrogens with one attached hydrogen (secondary N) is 1. The van der Waals surface area contributed by atoms with Gasteiger partial charge in [0.1, 0.15) is 6.33 Å². The number of nitrogens with zero attached hydrogens (tertiary/aromatic N) is 4. The van der Waals surface area contributed by atoms with Gasteiger partial charge in [0, 0.05) is 39.7 Å². The Hall–Kier alpha value is -1.51. The zero-order valence-corrected chi connectivity index (χ0v) is 14.2. The number of aromatic nitrogens is 3. The molecule has 1 aromatic rings. The molecule has 0 bridgehead atoms. The number of hydrogen-bond donors (Lipinski definition) is 1. The molecule has 2 heterocycles. The molecule has 0 aliphatic carbocycles. The topological polar surface area (TPSA) is 81.5 Å². The van der Waals surface area contributed by atoms with Gasteiger partial charge in [-0.2, -0.15) is 0 Å². The highest BCUT2D eigenvalue weighted by molar-refractivity contribution is 5.75. The number of methoxy groups -OCH3 is 1. The van der Waals surface area contributed by atoms with Gasteiger partial charge < -0.3 is 19.4 Å². The van der Waals surface area contributed by atoms with Crippen molar-refractivity contribution in [3.63, 3.8) is 0 Å². The molecule has 130 valence electrons. The summed E-state index contributed by atoms with van der Waals surface area (Å²) in [5.74, 6) is 0.766. The van der Waals surface area contributed by atoms with Crippen LogP contribution in [0.3, 0.4) is 0 Å². The van der Waals surface area contributed by atoms with Gasteiger partial charge in [-0.25, -0.2) is 0 Å². The summed E-state index contributed by atoms with van der Waals surface area (Å²) in [6.07, 6.45) is 2.57. The van der Waals surface area contributed by atoms with E-state index in [1.807, 2.05) is 4.57 Å². The van der Waals surface area contributed by atoms with Crippen molar-refractivity contribution in [2.24, 2.45) is 0 Å². The van der Waals surface area contributed by atoms with Crippen LogP contribution in [0.4, 0.5) is 0 Å². The van der Waals surface area contributed by atoms with Crippen LogP contribution >= 0.6 is 0 Å². The minimum absolute atomic E-state index is 0.0260. The van der Waals surface area contributed by atoms with E-state index in [-0.39, 0.29) is 18.1 Å². The summed E-state index contributed by atoms with van der Waals surface area (Å²) in [5, 5.41) is 10.8. The quantitative estimate of drug-likeness (QED) is 0.727. The van der Waals surface area contributed by atoms with Gasteiger partial charge in [-0.1, -0.05) is 0 Å². The molecule has 1 saturated heterocycles. The summed E-state index contributed by atoms with van der Waals surface area (Å²) >= 11 is 0. The lowest BCUT2D eigenvalue weighted by Crippen LogP contribution is -2.46. The van der Waals surface area contributed by atoms with E-state index in [4.69, 9.17) is 9.47 Å². The Morgan fingerprint density at radius 1 is 1.39 bits per heavy atom. The number of rotatable bonds is 8. The van der Waals surface area contributed by atoms with E-state index in [2.05, 4.69) is 34.3 Å². The van der Waals surface area contributed by atoms with Crippen molar-refractivity contribution in [3.8, 4) is 0 Å². The van der Waals surface area contributed by atoms with Crippen molar-refractivity contribution in [2.45, 2.75) is 45.6 Å². The third kappa shape index (κ3) is 5.89. The van der Waals surface area contributed by atoms with E-state index < -0.39 is 0 Å². The lowest BCUT2D eigenvalue weighted by atomic mass is 10.2.